The van der Waals surface area contributed by atoms with E-state index >= 15 is 0 Å². The molecule has 3 N–H and O–H groups in total. The Kier molecular flexibility index (Phi) is 7.00. The number of hydrogen-bond donors (Lipinski definition) is 3. The van der Waals surface area contributed by atoms with E-state index in [0.717, 1.165) is 0 Å². The van der Waals surface area contributed by atoms with Crippen molar-refractivity contribution < 1.29 is 18.7 Å². The molecule has 0 aliphatic rings. The molecule has 7 nitrogen and oxygen atoms in total. The molecule has 0 atom stereocenters. The number of furan rings is 1. The van der Waals surface area contributed by atoms with Gasteiger partial charge in [-0.1, -0.05) is 11.6 Å². The number of thiocarbonyl (C=S) groups is 1. The predicted octanol–water partition coefficient (Wildman–Crippen LogP) is 2.05. The zero-order chi connectivity index (χ0) is 18.1. The Morgan fingerprint density at radius 1 is 1.20 bits per heavy atom. The molecule has 0 unspecified atom stereocenters. The van der Waals surface area contributed by atoms with Crippen LogP contribution in [0.3, 0.4) is 0 Å². The minimum absolute atomic E-state index is 0.0612. The Morgan fingerprint density at radius 2 is 1.96 bits per heavy atom. The van der Waals surface area contributed by atoms with Crippen LogP contribution in [-0.2, 0) is 9.59 Å². The van der Waals surface area contributed by atoms with Crippen molar-refractivity contribution in [3.8, 4) is 5.75 Å². The van der Waals surface area contributed by atoms with Gasteiger partial charge in [-0.05, 0) is 54.7 Å². The van der Waals surface area contributed by atoms with Crippen LogP contribution in [0.2, 0.25) is 5.02 Å². The second kappa shape index (κ2) is 9.45. The van der Waals surface area contributed by atoms with Crippen LogP contribution in [0.5, 0.6) is 5.75 Å². The van der Waals surface area contributed by atoms with Gasteiger partial charge in [0.1, 0.15) is 11.5 Å². The molecule has 9 heteroatoms. The molecule has 0 fully saturated rings. The van der Waals surface area contributed by atoms with Gasteiger partial charge in [0, 0.05) is 11.1 Å². The number of carbonyl (C=O) groups is 2. The highest BCUT2D eigenvalue weighted by Crippen LogP contribution is 2.15. The Hall–Kier alpha value is -2.84. The maximum atomic E-state index is 11.6. The Bertz CT molecular complexity index is 760. The fraction of sp³-hybridized carbons (Fsp3) is 0.0625. The van der Waals surface area contributed by atoms with E-state index in [1.807, 2.05) is 0 Å². The van der Waals surface area contributed by atoms with Crippen molar-refractivity contribution in [3.63, 3.8) is 0 Å². The van der Waals surface area contributed by atoms with E-state index in [-0.39, 0.29) is 11.7 Å². The molecule has 0 bridgehead atoms. The summed E-state index contributed by atoms with van der Waals surface area (Å²) in [5, 5.41) is 2.87. The van der Waals surface area contributed by atoms with Gasteiger partial charge in [0.15, 0.2) is 11.7 Å². The molecule has 0 radical (unpaired) electrons. The summed E-state index contributed by atoms with van der Waals surface area (Å²) in [6.07, 6.45) is 4.22. The second-order valence-electron chi connectivity index (χ2n) is 4.58. The monoisotopic (exact) mass is 379 g/mol. The average Bonchev–Trinajstić information content (AvgIpc) is 3.11. The van der Waals surface area contributed by atoms with Crippen LogP contribution in [0.15, 0.2) is 53.2 Å². The van der Waals surface area contributed by atoms with Gasteiger partial charge in [-0.25, -0.2) is 0 Å². The highest BCUT2D eigenvalue weighted by Gasteiger charge is 2.05. The van der Waals surface area contributed by atoms with Crippen LogP contribution in [0, 0.1) is 0 Å². The molecule has 0 saturated carbocycles. The second-order valence-corrected chi connectivity index (χ2v) is 5.43. The van der Waals surface area contributed by atoms with Gasteiger partial charge in [-0.15, -0.1) is 0 Å². The van der Waals surface area contributed by atoms with Crippen molar-refractivity contribution in [1.82, 2.24) is 16.2 Å². The number of nitrogens with one attached hydrogen (secondary N) is 3. The number of rotatable bonds is 5. The predicted molar refractivity (Wildman–Crippen MR) is 96.7 cm³/mol. The number of halogens is 1. The lowest BCUT2D eigenvalue weighted by Gasteiger charge is -2.10. The highest BCUT2D eigenvalue weighted by molar-refractivity contribution is 7.80. The van der Waals surface area contributed by atoms with Crippen molar-refractivity contribution in [2.75, 3.05) is 6.61 Å². The first-order valence-corrected chi connectivity index (χ1v) is 7.81. The maximum absolute atomic E-state index is 11.6. The average molecular weight is 380 g/mol. The van der Waals surface area contributed by atoms with E-state index in [1.54, 1.807) is 36.4 Å². The van der Waals surface area contributed by atoms with E-state index in [9.17, 15) is 9.59 Å². The number of carbonyl (C=O) groups excluding carboxylic acids is 2. The molecule has 1 heterocycles. The molecule has 1 aromatic heterocycles. The van der Waals surface area contributed by atoms with Crippen LogP contribution in [0.25, 0.3) is 6.08 Å². The van der Waals surface area contributed by atoms with Crippen molar-refractivity contribution in [1.29, 1.82) is 0 Å². The molecule has 2 amide bonds. The van der Waals surface area contributed by atoms with Gasteiger partial charge in [0.25, 0.3) is 5.91 Å². The summed E-state index contributed by atoms with van der Waals surface area (Å²) in [4.78, 5) is 23.2. The Labute approximate surface area is 154 Å². The zero-order valence-corrected chi connectivity index (χ0v) is 14.4. The normalized spacial score (nSPS) is 10.3. The molecular formula is C16H14ClN3O4S. The minimum atomic E-state index is -0.474. The number of hydrazine groups is 1. The first-order chi connectivity index (χ1) is 12.0. The fourth-order valence-corrected chi connectivity index (χ4v) is 1.85. The summed E-state index contributed by atoms with van der Waals surface area (Å²) in [7, 11) is 0. The summed E-state index contributed by atoms with van der Waals surface area (Å²) in [5.41, 5.74) is 4.69. The molecular weight excluding hydrogens is 366 g/mol. The molecule has 1 aromatic carbocycles. The van der Waals surface area contributed by atoms with Gasteiger partial charge >= 0.3 is 0 Å². The van der Waals surface area contributed by atoms with Gasteiger partial charge in [0.2, 0.25) is 5.91 Å². The van der Waals surface area contributed by atoms with Crippen molar-refractivity contribution >= 4 is 46.8 Å². The summed E-state index contributed by atoms with van der Waals surface area (Å²) < 4.78 is 10.3. The number of hydrogen-bond acceptors (Lipinski definition) is 5. The van der Waals surface area contributed by atoms with E-state index in [2.05, 4.69) is 16.2 Å². The topological polar surface area (TPSA) is 92.6 Å². The molecule has 0 spiro atoms. The summed E-state index contributed by atoms with van der Waals surface area (Å²) in [6.45, 7) is -0.233. The molecule has 2 rings (SSSR count). The third-order valence-corrected chi connectivity index (χ3v) is 3.13. The van der Waals surface area contributed by atoms with Crippen LogP contribution in [0.1, 0.15) is 5.76 Å². The van der Waals surface area contributed by atoms with Gasteiger partial charge < -0.3 is 9.15 Å². The Balaban J connectivity index is 1.65. The standard InChI is InChI=1S/C16H14ClN3O4S/c17-11-3-5-13(6-4-11)24-10-15(22)19-20-16(25)18-14(21)8-7-12-2-1-9-23-12/h1-9H,10H2,(H,19,22)(H2,18,20,21,25). The lowest BCUT2D eigenvalue weighted by Crippen LogP contribution is -2.49. The highest BCUT2D eigenvalue weighted by atomic mass is 35.5. The minimum Gasteiger partial charge on any atom is -0.484 e. The summed E-state index contributed by atoms with van der Waals surface area (Å²) in [5.74, 6) is 0.0819. The number of amides is 2. The lowest BCUT2D eigenvalue weighted by molar-refractivity contribution is -0.123. The maximum Gasteiger partial charge on any atom is 0.276 e. The smallest absolute Gasteiger partial charge is 0.276 e. The third kappa shape index (κ3) is 7.06. The van der Waals surface area contributed by atoms with Crippen molar-refractivity contribution in [2.45, 2.75) is 0 Å². The lowest BCUT2D eigenvalue weighted by atomic mass is 10.3. The SMILES string of the molecule is O=C(C=Cc1ccco1)NC(=S)NNC(=O)COc1ccc(Cl)cc1. The first-order valence-electron chi connectivity index (χ1n) is 7.02. The Morgan fingerprint density at radius 3 is 2.64 bits per heavy atom. The first kappa shape index (κ1) is 18.5. The molecule has 0 aliphatic carbocycles. The fourth-order valence-electron chi connectivity index (χ4n) is 1.57. The third-order valence-electron chi connectivity index (χ3n) is 2.68. The molecule has 0 saturated heterocycles. The van der Waals surface area contributed by atoms with Crippen molar-refractivity contribution in [3.05, 3.63) is 59.5 Å². The summed E-state index contributed by atoms with van der Waals surface area (Å²) in [6, 6.07) is 9.97. The number of ether oxygens (including phenoxy) is 1. The summed E-state index contributed by atoms with van der Waals surface area (Å²) >= 11 is 10.6. The van der Waals surface area contributed by atoms with E-state index < -0.39 is 11.8 Å². The van der Waals surface area contributed by atoms with E-state index in [1.165, 1.54) is 18.4 Å². The largest absolute Gasteiger partial charge is 0.484 e. The number of benzene rings is 1. The van der Waals surface area contributed by atoms with Gasteiger partial charge in [-0.2, -0.15) is 0 Å². The van der Waals surface area contributed by atoms with E-state index in [4.69, 9.17) is 33.0 Å². The van der Waals surface area contributed by atoms with Crippen LogP contribution >= 0.6 is 23.8 Å². The van der Waals surface area contributed by atoms with Crippen LogP contribution in [-0.4, -0.2) is 23.5 Å². The van der Waals surface area contributed by atoms with Crippen LogP contribution < -0.4 is 20.9 Å². The molecule has 130 valence electrons. The zero-order valence-electron chi connectivity index (χ0n) is 12.8. The molecule has 2 aromatic rings. The van der Waals surface area contributed by atoms with Gasteiger partial charge in [-0.3, -0.25) is 25.8 Å². The van der Waals surface area contributed by atoms with E-state index in [0.29, 0.717) is 16.5 Å². The van der Waals surface area contributed by atoms with Gasteiger partial charge in [0.05, 0.1) is 6.26 Å². The quantitative estimate of drug-likeness (QED) is 0.418. The van der Waals surface area contributed by atoms with Crippen molar-refractivity contribution in [2.24, 2.45) is 0 Å². The molecule has 0 aliphatic heterocycles. The molecule has 25 heavy (non-hydrogen) atoms. The van der Waals surface area contributed by atoms with Crippen LogP contribution in [0.4, 0.5) is 0 Å².